The van der Waals surface area contributed by atoms with Crippen molar-refractivity contribution in [1.29, 1.82) is 0 Å². The first-order chi connectivity index (χ1) is 13.3. The molecule has 0 saturated heterocycles. The van der Waals surface area contributed by atoms with Crippen LogP contribution in [-0.2, 0) is 10.0 Å². The summed E-state index contributed by atoms with van der Waals surface area (Å²) in [6.07, 6.45) is 3.66. The van der Waals surface area contributed by atoms with Gasteiger partial charge in [0.15, 0.2) is 0 Å². The summed E-state index contributed by atoms with van der Waals surface area (Å²) in [5.74, 6) is 0.519. The number of rotatable bonds is 7. The number of fused-ring (bicyclic) bond motifs is 1. The summed E-state index contributed by atoms with van der Waals surface area (Å²) in [5.41, 5.74) is 7.13. The van der Waals surface area contributed by atoms with E-state index in [2.05, 4.69) is 48.2 Å². The van der Waals surface area contributed by atoms with Crippen LogP contribution in [0.5, 0.6) is 0 Å². The van der Waals surface area contributed by atoms with Gasteiger partial charge in [0.1, 0.15) is 0 Å². The molecule has 0 heterocycles. The van der Waals surface area contributed by atoms with E-state index in [4.69, 9.17) is 0 Å². The smallest absolute Gasteiger partial charge is 0.232 e. The molecule has 0 unspecified atom stereocenters. The van der Waals surface area contributed by atoms with Crippen molar-refractivity contribution in [2.24, 2.45) is 0 Å². The number of benzene rings is 2. The van der Waals surface area contributed by atoms with Crippen molar-refractivity contribution in [3.05, 3.63) is 64.2 Å². The van der Waals surface area contributed by atoms with Crippen molar-refractivity contribution in [1.82, 2.24) is 5.32 Å². The van der Waals surface area contributed by atoms with Gasteiger partial charge >= 0.3 is 0 Å². The highest BCUT2D eigenvalue weighted by atomic mass is 32.2. The molecule has 2 N–H and O–H groups in total. The third-order valence-corrected chi connectivity index (χ3v) is 7.28. The fourth-order valence-electron chi connectivity index (χ4n) is 4.09. The molecule has 0 saturated carbocycles. The maximum Gasteiger partial charge on any atom is 0.232 e. The van der Waals surface area contributed by atoms with Crippen molar-refractivity contribution < 1.29 is 8.42 Å². The van der Waals surface area contributed by atoms with E-state index in [9.17, 15) is 8.42 Å². The van der Waals surface area contributed by atoms with Gasteiger partial charge in [-0.25, -0.2) is 8.42 Å². The molecule has 0 bridgehead atoms. The molecule has 0 aliphatic heterocycles. The summed E-state index contributed by atoms with van der Waals surface area (Å²) < 4.78 is 27.4. The normalized spacial score (nSPS) is 19.3. The van der Waals surface area contributed by atoms with Gasteiger partial charge < -0.3 is 5.32 Å². The topological polar surface area (TPSA) is 58.2 Å². The van der Waals surface area contributed by atoms with Crippen LogP contribution in [0.1, 0.15) is 72.4 Å². The third-order valence-electron chi connectivity index (χ3n) is 5.90. The Kier molecular flexibility index (Phi) is 6.46. The number of unbranched alkanes of at least 4 members (excludes halogenated alkanes) is 1. The summed E-state index contributed by atoms with van der Waals surface area (Å²) in [7, 11) is -1.32. The Morgan fingerprint density at radius 3 is 2.46 bits per heavy atom. The predicted molar refractivity (Wildman–Crippen MR) is 118 cm³/mol. The van der Waals surface area contributed by atoms with Crippen LogP contribution in [0.15, 0.2) is 36.4 Å². The minimum Gasteiger partial charge on any atom is -0.313 e. The van der Waals surface area contributed by atoms with Gasteiger partial charge in [0.2, 0.25) is 10.0 Å². The maximum absolute atomic E-state index is 12.3. The maximum atomic E-state index is 12.3. The van der Waals surface area contributed by atoms with Crippen molar-refractivity contribution in [3.63, 3.8) is 0 Å². The number of aryl methyl sites for hydroxylation is 2. The first-order valence-electron chi connectivity index (χ1n) is 10.2. The van der Waals surface area contributed by atoms with Gasteiger partial charge in [-0.3, -0.25) is 4.72 Å². The molecule has 0 amide bonds. The Morgan fingerprint density at radius 1 is 1.00 bits per heavy atom. The summed E-state index contributed by atoms with van der Waals surface area (Å²) in [5, 5.41) is 3.40. The minimum absolute atomic E-state index is 0.168. The Bertz CT molecular complexity index is 938. The van der Waals surface area contributed by atoms with Gasteiger partial charge in [0.05, 0.1) is 5.75 Å². The van der Waals surface area contributed by atoms with Crippen LogP contribution in [0.3, 0.4) is 0 Å². The molecule has 2 atom stereocenters. The first-order valence-corrected chi connectivity index (χ1v) is 11.9. The van der Waals surface area contributed by atoms with Gasteiger partial charge in [-0.2, -0.15) is 0 Å². The predicted octanol–water partition coefficient (Wildman–Crippen LogP) is 5.03. The monoisotopic (exact) mass is 400 g/mol. The van der Waals surface area contributed by atoms with Crippen molar-refractivity contribution >= 4 is 15.7 Å². The van der Waals surface area contributed by atoms with Crippen molar-refractivity contribution in [2.75, 3.05) is 17.5 Å². The fraction of sp³-hybridized carbons (Fsp3) is 0.478. The largest absolute Gasteiger partial charge is 0.313 e. The van der Waals surface area contributed by atoms with Crippen molar-refractivity contribution in [2.45, 2.75) is 58.4 Å². The van der Waals surface area contributed by atoms with Crippen LogP contribution in [0.25, 0.3) is 0 Å². The zero-order valence-electron chi connectivity index (χ0n) is 17.4. The molecule has 0 aromatic heterocycles. The standard InChI is InChI=1S/C23H32N2O2S/c1-5-6-13-28(26,27)25-19-9-10-21-20(11-12-23(24-4)22(21)15-19)18-8-7-16(2)17(3)14-18/h7-10,14-15,20,23-25H,5-6,11-13H2,1-4H3/t20-,23-/m0/s1. The number of hydrogen-bond acceptors (Lipinski definition) is 3. The summed E-state index contributed by atoms with van der Waals surface area (Å²) in [6.45, 7) is 6.30. The van der Waals surface area contributed by atoms with E-state index in [1.807, 2.05) is 26.1 Å². The average molecular weight is 401 g/mol. The molecule has 0 radical (unpaired) electrons. The van der Waals surface area contributed by atoms with E-state index in [1.165, 1.54) is 27.8 Å². The quantitative estimate of drug-likeness (QED) is 0.685. The van der Waals surface area contributed by atoms with Crippen LogP contribution in [0, 0.1) is 13.8 Å². The molecular weight excluding hydrogens is 368 g/mol. The van der Waals surface area contributed by atoms with E-state index in [1.54, 1.807) is 0 Å². The lowest BCUT2D eigenvalue weighted by molar-refractivity contribution is 0.471. The molecule has 3 rings (SSSR count). The van der Waals surface area contributed by atoms with Crippen molar-refractivity contribution in [3.8, 4) is 0 Å². The molecule has 0 fully saturated rings. The number of anilines is 1. The van der Waals surface area contributed by atoms with Crippen LogP contribution >= 0.6 is 0 Å². The average Bonchev–Trinajstić information content (AvgIpc) is 2.67. The number of sulfonamides is 1. The molecule has 2 aromatic carbocycles. The van der Waals surface area contributed by atoms with Crippen LogP contribution in [-0.4, -0.2) is 21.2 Å². The van der Waals surface area contributed by atoms with E-state index in [0.717, 1.165) is 19.3 Å². The van der Waals surface area contributed by atoms with Gasteiger partial charge in [-0.1, -0.05) is 37.6 Å². The van der Waals surface area contributed by atoms with E-state index in [0.29, 0.717) is 18.0 Å². The molecule has 1 aliphatic rings. The van der Waals surface area contributed by atoms with Gasteiger partial charge in [-0.15, -0.1) is 0 Å². The lowest BCUT2D eigenvalue weighted by atomic mass is 9.76. The van der Waals surface area contributed by atoms with Crippen LogP contribution < -0.4 is 10.0 Å². The second kappa shape index (κ2) is 8.66. The molecule has 28 heavy (non-hydrogen) atoms. The molecule has 1 aliphatic carbocycles. The van der Waals surface area contributed by atoms with Gasteiger partial charge in [0, 0.05) is 17.6 Å². The fourth-order valence-corrected chi connectivity index (χ4v) is 5.35. The minimum atomic E-state index is -3.29. The Labute approximate surface area is 169 Å². The molecule has 0 spiro atoms. The Hall–Kier alpha value is -1.85. The van der Waals surface area contributed by atoms with Gasteiger partial charge in [-0.05, 0) is 80.1 Å². The highest BCUT2D eigenvalue weighted by Crippen LogP contribution is 2.42. The van der Waals surface area contributed by atoms with Crippen LogP contribution in [0.4, 0.5) is 5.69 Å². The van der Waals surface area contributed by atoms with E-state index >= 15 is 0 Å². The lowest BCUT2D eigenvalue weighted by Gasteiger charge is -2.32. The zero-order valence-corrected chi connectivity index (χ0v) is 18.2. The van der Waals surface area contributed by atoms with Gasteiger partial charge in [0.25, 0.3) is 0 Å². The molecule has 152 valence electrons. The second-order valence-corrected chi connectivity index (χ2v) is 9.77. The SMILES string of the molecule is CCCCS(=O)(=O)Nc1ccc2c(c1)[C@@H](NC)CC[C@H]2c1ccc(C)c(C)c1. The lowest BCUT2D eigenvalue weighted by Crippen LogP contribution is -2.25. The molecular formula is C23H32N2O2S. The highest BCUT2D eigenvalue weighted by molar-refractivity contribution is 7.92. The summed E-state index contributed by atoms with van der Waals surface area (Å²) in [4.78, 5) is 0. The zero-order chi connectivity index (χ0) is 20.3. The van der Waals surface area contributed by atoms with Crippen LogP contribution in [0.2, 0.25) is 0 Å². The van der Waals surface area contributed by atoms with E-state index in [-0.39, 0.29) is 11.8 Å². The Balaban J connectivity index is 1.95. The summed E-state index contributed by atoms with van der Waals surface area (Å²) >= 11 is 0. The van der Waals surface area contributed by atoms with E-state index < -0.39 is 10.0 Å². The molecule has 2 aromatic rings. The Morgan fingerprint density at radius 2 is 1.79 bits per heavy atom. The number of hydrogen-bond donors (Lipinski definition) is 2. The second-order valence-electron chi connectivity index (χ2n) is 7.93. The summed E-state index contributed by atoms with van der Waals surface area (Å²) in [6, 6.07) is 13.0. The molecule has 5 heteroatoms. The first kappa shape index (κ1) is 20.9. The highest BCUT2D eigenvalue weighted by Gasteiger charge is 2.28. The number of nitrogens with one attached hydrogen (secondary N) is 2. The molecule has 4 nitrogen and oxygen atoms in total. The third kappa shape index (κ3) is 4.58.